The molecule has 0 aliphatic carbocycles. The Kier molecular flexibility index (Phi) is 4.32. The van der Waals surface area contributed by atoms with Crippen LogP contribution in [0.5, 0.6) is 0 Å². The minimum Gasteiger partial charge on any atom is -0.319 e. The van der Waals surface area contributed by atoms with Gasteiger partial charge in [-0.25, -0.2) is 0 Å². The second kappa shape index (κ2) is 6.11. The average Bonchev–Trinajstić information content (AvgIpc) is 2.82. The van der Waals surface area contributed by atoms with Gasteiger partial charge in [0, 0.05) is 12.1 Å². The van der Waals surface area contributed by atoms with Crippen LogP contribution in [0.1, 0.15) is 21.5 Å². The van der Waals surface area contributed by atoms with Gasteiger partial charge in [0.25, 0.3) is 5.91 Å². The number of nitrogens with zero attached hydrogens (tertiary/aromatic N) is 2. The first-order valence-electron chi connectivity index (χ1n) is 6.98. The highest BCUT2D eigenvalue weighted by atomic mass is 35.5. The molecule has 1 aromatic heterocycles. The van der Waals surface area contributed by atoms with Crippen LogP contribution in [0.3, 0.4) is 0 Å². The Bertz CT molecular complexity index is 1000. The van der Waals surface area contributed by atoms with Gasteiger partial charge < -0.3 is 4.57 Å². The maximum Gasteiger partial charge on any atom is 0.281 e. The molecule has 0 atom stereocenters. The van der Waals surface area contributed by atoms with E-state index in [4.69, 9.17) is 23.2 Å². The molecule has 0 aliphatic heterocycles. The number of halogens is 2. The number of amides is 1. The molecule has 0 radical (unpaired) electrons. The van der Waals surface area contributed by atoms with E-state index in [-0.39, 0.29) is 0 Å². The van der Waals surface area contributed by atoms with Crippen molar-refractivity contribution in [1.82, 2.24) is 4.57 Å². The highest BCUT2D eigenvalue weighted by molar-refractivity contribution is 7.16. The number of hydrogen-bond acceptors (Lipinski definition) is 2. The number of aromatic nitrogens is 1. The summed E-state index contributed by atoms with van der Waals surface area (Å²) in [6, 6.07) is 8.92. The molecule has 0 aliphatic rings. The molecule has 2 aromatic carbocycles. The normalized spacial score (nSPS) is 12.1. The van der Waals surface area contributed by atoms with Crippen LogP contribution in [0.15, 0.2) is 35.3 Å². The van der Waals surface area contributed by atoms with Crippen molar-refractivity contribution >= 4 is 50.7 Å². The van der Waals surface area contributed by atoms with Gasteiger partial charge in [-0.05, 0) is 49.2 Å². The highest BCUT2D eigenvalue weighted by Gasteiger charge is 2.12. The third-order valence-electron chi connectivity index (χ3n) is 3.84. The Hall–Kier alpha value is -1.62. The largest absolute Gasteiger partial charge is 0.319 e. The van der Waals surface area contributed by atoms with Gasteiger partial charge in [-0.1, -0.05) is 40.6 Å². The van der Waals surface area contributed by atoms with Crippen molar-refractivity contribution in [3.05, 3.63) is 61.9 Å². The standard InChI is InChI=1S/C17H14Cl2N2OS/c1-9-4-7-14-15(10(9)2)21(3)17(23-14)20-16(22)12-8-11(18)5-6-13(12)19/h4-8H,1-3H3. The van der Waals surface area contributed by atoms with Gasteiger partial charge in [0.05, 0.1) is 20.8 Å². The molecule has 0 saturated heterocycles. The van der Waals surface area contributed by atoms with Gasteiger partial charge in [0.2, 0.25) is 0 Å². The smallest absolute Gasteiger partial charge is 0.281 e. The number of thiazole rings is 1. The molecule has 6 heteroatoms. The molecule has 0 fully saturated rings. The van der Waals surface area contributed by atoms with Gasteiger partial charge in [0.1, 0.15) is 0 Å². The zero-order valence-corrected chi connectivity index (χ0v) is 15.2. The fourth-order valence-electron chi connectivity index (χ4n) is 2.44. The van der Waals surface area contributed by atoms with E-state index in [0.717, 1.165) is 10.2 Å². The monoisotopic (exact) mass is 364 g/mol. The first-order chi connectivity index (χ1) is 10.9. The van der Waals surface area contributed by atoms with Crippen LogP contribution in [0, 0.1) is 13.8 Å². The molecule has 0 saturated carbocycles. The van der Waals surface area contributed by atoms with Crippen molar-refractivity contribution in [2.45, 2.75) is 13.8 Å². The SMILES string of the molecule is Cc1ccc2sc(=NC(=O)c3cc(Cl)ccc3Cl)n(C)c2c1C. The lowest BCUT2D eigenvalue weighted by atomic mass is 10.1. The maximum atomic E-state index is 12.5. The summed E-state index contributed by atoms with van der Waals surface area (Å²) in [5.74, 6) is -0.394. The fourth-order valence-corrected chi connectivity index (χ4v) is 3.89. The summed E-state index contributed by atoms with van der Waals surface area (Å²) in [5.41, 5.74) is 3.81. The van der Waals surface area contributed by atoms with E-state index >= 15 is 0 Å². The minimum atomic E-state index is -0.394. The fraction of sp³-hybridized carbons (Fsp3) is 0.176. The Labute approximate surface area is 147 Å². The number of rotatable bonds is 1. The Morgan fingerprint density at radius 2 is 1.91 bits per heavy atom. The Morgan fingerprint density at radius 1 is 1.17 bits per heavy atom. The summed E-state index contributed by atoms with van der Waals surface area (Å²) in [4.78, 5) is 17.3. The zero-order valence-electron chi connectivity index (χ0n) is 12.9. The summed E-state index contributed by atoms with van der Waals surface area (Å²) in [6.45, 7) is 4.14. The van der Waals surface area contributed by atoms with Crippen LogP contribution in [0.2, 0.25) is 10.0 Å². The molecular weight excluding hydrogens is 351 g/mol. The third kappa shape index (κ3) is 2.94. The quantitative estimate of drug-likeness (QED) is 0.604. The number of hydrogen-bond donors (Lipinski definition) is 0. The number of benzene rings is 2. The summed E-state index contributed by atoms with van der Waals surface area (Å²) in [5, 5.41) is 0.805. The second-order valence-corrected chi connectivity index (χ2v) is 7.19. The topological polar surface area (TPSA) is 34.4 Å². The molecule has 0 N–H and O–H groups in total. The minimum absolute atomic E-state index is 0.310. The van der Waals surface area contributed by atoms with E-state index in [0.29, 0.717) is 20.4 Å². The first-order valence-corrected chi connectivity index (χ1v) is 8.55. The van der Waals surface area contributed by atoms with E-state index in [2.05, 4.69) is 31.0 Å². The Morgan fingerprint density at radius 3 is 2.65 bits per heavy atom. The van der Waals surface area contributed by atoms with Gasteiger partial charge in [-0.2, -0.15) is 4.99 Å². The number of carbonyl (C=O) groups is 1. The lowest BCUT2D eigenvalue weighted by molar-refractivity contribution is 0.0998. The Balaban J connectivity index is 2.18. The molecule has 3 rings (SSSR count). The summed E-state index contributed by atoms with van der Waals surface area (Å²) in [6.07, 6.45) is 0. The number of aryl methyl sites for hydroxylation is 3. The predicted octanol–water partition coefficient (Wildman–Crippen LogP) is 4.90. The van der Waals surface area contributed by atoms with E-state index < -0.39 is 5.91 Å². The molecule has 0 unspecified atom stereocenters. The van der Waals surface area contributed by atoms with Crippen LogP contribution in [0.25, 0.3) is 10.2 Å². The molecule has 3 aromatic rings. The second-order valence-electron chi connectivity index (χ2n) is 5.34. The lowest BCUT2D eigenvalue weighted by Gasteiger charge is -2.03. The van der Waals surface area contributed by atoms with Crippen molar-refractivity contribution in [2.75, 3.05) is 0 Å². The van der Waals surface area contributed by atoms with Gasteiger partial charge in [0.15, 0.2) is 4.80 Å². The van der Waals surface area contributed by atoms with Crippen molar-refractivity contribution in [3.63, 3.8) is 0 Å². The number of carbonyl (C=O) groups excluding carboxylic acids is 1. The molecular formula is C17H14Cl2N2OS. The van der Waals surface area contributed by atoms with Crippen LogP contribution in [0.4, 0.5) is 0 Å². The molecule has 1 heterocycles. The third-order valence-corrected chi connectivity index (χ3v) is 5.51. The molecule has 0 spiro atoms. The molecule has 23 heavy (non-hydrogen) atoms. The lowest BCUT2D eigenvalue weighted by Crippen LogP contribution is -2.14. The summed E-state index contributed by atoms with van der Waals surface area (Å²) >= 11 is 13.5. The van der Waals surface area contributed by atoms with Gasteiger partial charge in [-0.3, -0.25) is 4.79 Å². The van der Waals surface area contributed by atoms with Gasteiger partial charge >= 0.3 is 0 Å². The van der Waals surface area contributed by atoms with E-state index in [1.807, 2.05) is 11.6 Å². The molecule has 1 amide bonds. The van der Waals surface area contributed by atoms with Crippen molar-refractivity contribution in [1.29, 1.82) is 0 Å². The summed E-state index contributed by atoms with van der Waals surface area (Å²) in [7, 11) is 1.91. The number of fused-ring (bicyclic) bond motifs is 1. The van der Waals surface area contributed by atoms with Crippen molar-refractivity contribution in [3.8, 4) is 0 Å². The average molecular weight is 365 g/mol. The zero-order chi connectivity index (χ0) is 16.7. The van der Waals surface area contributed by atoms with Crippen LogP contribution in [-0.4, -0.2) is 10.5 Å². The summed E-state index contributed by atoms with van der Waals surface area (Å²) < 4.78 is 3.04. The van der Waals surface area contributed by atoms with Crippen molar-refractivity contribution in [2.24, 2.45) is 12.0 Å². The van der Waals surface area contributed by atoms with Gasteiger partial charge in [-0.15, -0.1) is 0 Å². The van der Waals surface area contributed by atoms with Crippen molar-refractivity contribution < 1.29 is 4.79 Å². The predicted molar refractivity (Wildman–Crippen MR) is 96.6 cm³/mol. The molecule has 118 valence electrons. The highest BCUT2D eigenvalue weighted by Crippen LogP contribution is 2.24. The molecule has 0 bridgehead atoms. The van der Waals surface area contributed by atoms with Crippen LogP contribution >= 0.6 is 34.5 Å². The van der Waals surface area contributed by atoms with E-state index in [1.54, 1.807) is 18.2 Å². The van der Waals surface area contributed by atoms with Crippen LogP contribution in [-0.2, 0) is 7.05 Å². The molecule has 3 nitrogen and oxygen atoms in total. The first kappa shape index (κ1) is 16.2. The van der Waals surface area contributed by atoms with E-state index in [9.17, 15) is 4.79 Å². The van der Waals surface area contributed by atoms with E-state index in [1.165, 1.54) is 22.5 Å². The maximum absolute atomic E-state index is 12.5. The van der Waals surface area contributed by atoms with Crippen LogP contribution < -0.4 is 4.80 Å².